The van der Waals surface area contributed by atoms with Crippen LogP contribution in [0.4, 0.5) is 5.69 Å². The number of benzene rings is 1. The molecule has 5 nitrogen and oxygen atoms in total. The van der Waals surface area contributed by atoms with Gasteiger partial charge in [0.1, 0.15) is 5.82 Å². The molecule has 1 amide bonds. The molecule has 0 fully saturated rings. The van der Waals surface area contributed by atoms with Crippen LogP contribution in [0.1, 0.15) is 27.3 Å². The number of hydrogen-bond acceptors (Lipinski definition) is 3. The molecule has 0 unspecified atom stereocenters. The summed E-state index contributed by atoms with van der Waals surface area (Å²) in [6.45, 7) is 6.88. The Labute approximate surface area is 123 Å². The number of anilines is 1. The Hall–Kier alpha value is -2.43. The Bertz CT molecular complexity index is 746. The quantitative estimate of drug-likeness (QED) is 0.810. The lowest BCUT2D eigenvalue weighted by Gasteiger charge is -2.19. The molecule has 1 aromatic carbocycles. The zero-order valence-electron chi connectivity index (χ0n) is 12.4. The van der Waals surface area contributed by atoms with Gasteiger partial charge in [0.05, 0.1) is 11.3 Å². The van der Waals surface area contributed by atoms with E-state index in [0.29, 0.717) is 18.7 Å². The first-order valence-corrected chi connectivity index (χ1v) is 6.94. The van der Waals surface area contributed by atoms with Gasteiger partial charge in [-0.2, -0.15) is 0 Å². The molecule has 0 atom stereocenters. The Morgan fingerprint density at radius 2 is 1.86 bits per heavy atom. The minimum Gasteiger partial charge on any atom is -0.333 e. The molecule has 5 heteroatoms. The summed E-state index contributed by atoms with van der Waals surface area (Å²) in [5.41, 5.74) is 3.25. The van der Waals surface area contributed by atoms with Crippen molar-refractivity contribution in [1.29, 1.82) is 0 Å². The van der Waals surface area contributed by atoms with Crippen LogP contribution in [0.15, 0.2) is 24.5 Å². The number of carbonyl (C=O) groups is 2. The van der Waals surface area contributed by atoms with Crippen LogP contribution >= 0.6 is 0 Å². The topological polar surface area (TPSA) is 55.2 Å². The fourth-order valence-electron chi connectivity index (χ4n) is 2.89. The number of nitrogens with zero attached hydrogens (tertiary/aromatic N) is 3. The fraction of sp³-hybridized carbons (Fsp3) is 0.312. The van der Waals surface area contributed by atoms with E-state index in [1.165, 1.54) is 0 Å². The molecular formula is C16H17N3O2. The number of rotatable bonds is 3. The summed E-state index contributed by atoms with van der Waals surface area (Å²) in [5, 5.41) is 0. The van der Waals surface area contributed by atoms with Gasteiger partial charge in [0.25, 0.3) is 11.7 Å². The lowest BCUT2D eigenvalue weighted by molar-refractivity contribution is -0.114. The third-order valence-corrected chi connectivity index (χ3v) is 3.89. The number of Topliss-reactive ketones (excluding diaryl/α,β-unsaturated/α-hetero) is 1. The first-order valence-electron chi connectivity index (χ1n) is 6.94. The molecule has 0 saturated carbocycles. The van der Waals surface area contributed by atoms with Crippen molar-refractivity contribution in [3.63, 3.8) is 0 Å². The minimum absolute atomic E-state index is 0.404. The number of amides is 1. The van der Waals surface area contributed by atoms with Crippen LogP contribution < -0.4 is 4.90 Å². The van der Waals surface area contributed by atoms with Gasteiger partial charge in [-0.3, -0.25) is 9.59 Å². The van der Waals surface area contributed by atoms with Crippen molar-refractivity contribution >= 4 is 17.4 Å². The number of hydrogen-bond donors (Lipinski definition) is 0. The van der Waals surface area contributed by atoms with E-state index >= 15 is 0 Å². The molecule has 1 aliphatic heterocycles. The van der Waals surface area contributed by atoms with Crippen molar-refractivity contribution < 1.29 is 9.59 Å². The predicted molar refractivity (Wildman–Crippen MR) is 79.6 cm³/mol. The molecule has 2 heterocycles. The minimum atomic E-state index is -0.434. The van der Waals surface area contributed by atoms with Gasteiger partial charge in [-0.25, -0.2) is 4.98 Å². The average Bonchev–Trinajstić information content (AvgIpc) is 2.93. The Kier molecular flexibility index (Phi) is 3.12. The van der Waals surface area contributed by atoms with Crippen LogP contribution in [0, 0.1) is 20.8 Å². The molecule has 2 aromatic rings. The smallest absolute Gasteiger partial charge is 0.299 e. The zero-order valence-corrected chi connectivity index (χ0v) is 12.4. The molecule has 1 aromatic heterocycles. The maximum Gasteiger partial charge on any atom is 0.299 e. The maximum absolute atomic E-state index is 12.2. The average molecular weight is 283 g/mol. The molecule has 0 radical (unpaired) electrons. The number of fused-ring (bicyclic) bond motifs is 1. The molecule has 1 aliphatic rings. The van der Waals surface area contributed by atoms with Gasteiger partial charge in [-0.1, -0.05) is 6.07 Å². The van der Waals surface area contributed by atoms with E-state index in [2.05, 4.69) is 4.98 Å². The standard InChI is InChI=1S/C16H17N3O2/c1-10-8-11(2)14-13(9-10)15(20)16(21)19(14)7-6-18-5-4-17-12(18)3/h4-5,8-9H,6-7H2,1-3H3. The molecule has 0 bridgehead atoms. The van der Waals surface area contributed by atoms with Gasteiger partial charge in [-0.15, -0.1) is 0 Å². The highest BCUT2D eigenvalue weighted by Gasteiger charge is 2.36. The van der Waals surface area contributed by atoms with E-state index in [4.69, 9.17) is 0 Å². The highest BCUT2D eigenvalue weighted by Crippen LogP contribution is 2.33. The molecule has 0 saturated heterocycles. The molecule has 3 rings (SSSR count). The summed E-state index contributed by atoms with van der Waals surface area (Å²) in [7, 11) is 0. The van der Waals surface area contributed by atoms with Crippen LogP contribution in [0.3, 0.4) is 0 Å². The highest BCUT2D eigenvalue weighted by molar-refractivity contribution is 6.52. The van der Waals surface area contributed by atoms with Crippen LogP contribution in [0.2, 0.25) is 0 Å². The second-order valence-electron chi connectivity index (χ2n) is 5.43. The first kappa shape index (κ1) is 13.5. The van der Waals surface area contributed by atoms with Crippen LogP contribution in [0.5, 0.6) is 0 Å². The number of ketones is 1. The highest BCUT2D eigenvalue weighted by atomic mass is 16.2. The Balaban J connectivity index is 1.93. The van der Waals surface area contributed by atoms with Crippen molar-refractivity contribution in [3.05, 3.63) is 47.0 Å². The second kappa shape index (κ2) is 4.84. The number of carbonyl (C=O) groups excluding carboxylic acids is 2. The van der Waals surface area contributed by atoms with Crippen LogP contribution in [0.25, 0.3) is 0 Å². The monoisotopic (exact) mass is 283 g/mol. The molecular weight excluding hydrogens is 266 g/mol. The Morgan fingerprint density at radius 3 is 2.52 bits per heavy atom. The van der Waals surface area contributed by atoms with Crippen molar-refractivity contribution in [2.75, 3.05) is 11.4 Å². The number of aryl methyl sites for hydroxylation is 3. The molecule has 108 valence electrons. The van der Waals surface area contributed by atoms with Crippen molar-refractivity contribution in [2.45, 2.75) is 27.3 Å². The number of imidazole rings is 1. The third kappa shape index (κ3) is 2.14. The van der Waals surface area contributed by atoms with Gasteiger partial charge >= 0.3 is 0 Å². The van der Waals surface area contributed by atoms with E-state index < -0.39 is 11.7 Å². The number of aromatic nitrogens is 2. The van der Waals surface area contributed by atoms with Crippen molar-refractivity contribution in [2.24, 2.45) is 0 Å². The molecule has 0 spiro atoms. The fourth-order valence-corrected chi connectivity index (χ4v) is 2.89. The van der Waals surface area contributed by atoms with Gasteiger partial charge in [0.15, 0.2) is 0 Å². The second-order valence-corrected chi connectivity index (χ2v) is 5.43. The maximum atomic E-state index is 12.2. The van der Waals surface area contributed by atoms with E-state index in [0.717, 1.165) is 22.6 Å². The molecule has 0 aliphatic carbocycles. The summed E-state index contributed by atoms with van der Waals surface area (Å²) < 4.78 is 1.97. The van der Waals surface area contributed by atoms with E-state index in [-0.39, 0.29) is 0 Å². The zero-order chi connectivity index (χ0) is 15.1. The summed E-state index contributed by atoms with van der Waals surface area (Å²) in [6.07, 6.45) is 3.61. The van der Waals surface area contributed by atoms with E-state index in [1.807, 2.05) is 37.6 Å². The van der Waals surface area contributed by atoms with Gasteiger partial charge in [-0.05, 0) is 38.0 Å². The van der Waals surface area contributed by atoms with E-state index in [1.54, 1.807) is 17.2 Å². The van der Waals surface area contributed by atoms with Gasteiger partial charge in [0, 0.05) is 25.5 Å². The van der Waals surface area contributed by atoms with Crippen LogP contribution in [-0.2, 0) is 11.3 Å². The lowest BCUT2D eigenvalue weighted by atomic mass is 10.0. The summed E-state index contributed by atoms with van der Waals surface area (Å²) in [6, 6.07) is 3.80. The predicted octanol–water partition coefficient (Wildman–Crippen LogP) is 2.04. The lowest BCUT2D eigenvalue weighted by Crippen LogP contribution is -2.33. The largest absolute Gasteiger partial charge is 0.333 e. The van der Waals surface area contributed by atoms with Crippen LogP contribution in [-0.4, -0.2) is 27.8 Å². The first-order chi connectivity index (χ1) is 9.99. The summed E-state index contributed by atoms with van der Waals surface area (Å²) in [4.78, 5) is 30.1. The normalized spacial score (nSPS) is 14.0. The van der Waals surface area contributed by atoms with E-state index in [9.17, 15) is 9.59 Å². The summed E-state index contributed by atoms with van der Waals surface area (Å²) in [5.74, 6) is 0.0597. The van der Waals surface area contributed by atoms with Gasteiger partial charge < -0.3 is 9.47 Å². The molecule has 0 N–H and O–H groups in total. The molecule has 21 heavy (non-hydrogen) atoms. The SMILES string of the molecule is Cc1cc(C)c2c(c1)C(=O)C(=O)N2CCn1ccnc1C. The van der Waals surface area contributed by atoms with Gasteiger partial charge in [0.2, 0.25) is 0 Å². The van der Waals surface area contributed by atoms with Crippen molar-refractivity contribution in [3.8, 4) is 0 Å². The third-order valence-electron chi connectivity index (χ3n) is 3.89. The summed E-state index contributed by atoms with van der Waals surface area (Å²) >= 11 is 0. The Morgan fingerprint density at radius 1 is 1.10 bits per heavy atom. The van der Waals surface area contributed by atoms with Crippen molar-refractivity contribution in [1.82, 2.24) is 9.55 Å².